The van der Waals surface area contributed by atoms with Crippen LogP contribution in [0.1, 0.15) is 0 Å². The lowest BCUT2D eigenvalue weighted by Gasteiger charge is -2.06. The third-order valence-corrected chi connectivity index (χ3v) is 5.48. The van der Waals surface area contributed by atoms with Gasteiger partial charge in [0.05, 0.1) is 12.0 Å². The third kappa shape index (κ3) is 2.36. The van der Waals surface area contributed by atoms with Crippen molar-refractivity contribution in [2.45, 2.75) is 14.8 Å². The van der Waals surface area contributed by atoms with E-state index in [9.17, 15) is 8.42 Å². The van der Waals surface area contributed by atoms with Crippen molar-refractivity contribution in [3.8, 4) is 5.75 Å². The van der Waals surface area contributed by atoms with Crippen LogP contribution in [-0.2, 0) is 16.9 Å². The zero-order valence-corrected chi connectivity index (χ0v) is 13.0. The van der Waals surface area contributed by atoms with E-state index >= 15 is 0 Å². The van der Waals surface area contributed by atoms with Crippen LogP contribution >= 0.6 is 11.8 Å². The first-order valence-electron chi connectivity index (χ1n) is 5.67. The zero-order chi connectivity index (χ0) is 14.9. The standard InChI is InChI=1S/C12H15N3O3S2/c1-15-11(13)10(12(14-15)19-3)20(16,17)9-6-4-8(18-2)5-7-9/h4-7H,13H2,1-3H3. The number of anilines is 1. The number of hydrogen-bond acceptors (Lipinski definition) is 6. The van der Waals surface area contributed by atoms with E-state index in [0.29, 0.717) is 10.8 Å². The van der Waals surface area contributed by atoms with Gasteiger partial charge >= 0.3 is 0 Å². The molecule has 20 heavy (non-hydrogen) atoms. The molecule has 2 aromatic rings. The number of nitrogens with zero attached hydrogens (tertiary/aromatic N) is 2. The average molecular weight is 313 g/mol. The number of aromatic nitrogens is 2. The maximum atomic E-state index is 12.7. The van der Waals surface area contributed by atoms with Crippen molar-refractivity contribution in [1.82, 2.24) is 9.78 Å². The van der Waals surface area contributed by atoms with E-state index in [0.717, 1.165) is 0 Å². The highest BCUT2D eigenvalue weighted by Crippen LogP contribution is 2.33. The molecule has 2 rings (SSSR count). The second-order valence-electron chi connectivity index (χ2n) is 4.03. The highest BCUT2D eigenvalue weighted by atomic mass is 32.2. The van der Waals surface area contributed by atoms with Gasteiger partial charge in [0.2, 0.25) is 9.84 Å². The number of rotatable bonds is 4. The van der Waals surface area contributed by atoms with E-state index in [-0.39, 0.29) is 15.6 Å². The summed E-state index contributed by atoms with van der Waals surface area (Å²) in [6.45, 7) is 0. The van der Waals surface area contributed by atoms with Gasteiger partial charge < -0.3 is 10.5 Å². The van der Waals surface area contributed by atoms with Crippen molar-refractivity contribution in [1.29, 1.82) is 0 Å². The summed E-state index contributed by atoms with van der Waals surface area (Å²) in [5.74, 6) is 0.721. The molecule has 0 atom stereocenters. The molecule has 1 aromatic heterocycles. The van der Waals surface area contributed by atoms with E-state index in [1.165, 1.54) is 35.7 Å². The Labute approximate surface area is 121 Å². The minimum atomic E-state index is -3.70. The highest BCUT2D eigenvalue weighted by Gasteiger charge is 2.28. The Hall–Kier alpha value is -1.67. The Kier molecular flexibility index (Phi) is 3.96. The van der Waals surface area contributed by atoms with Crippen LogP contribution in [0.25, 0.3) is 0 Å². The van der Waals surface area contributed by atoms with Crippen molar-refractivity contribution >= 4 is 27.4 Å². The lowest BCUT2D eigenvalue weighted by Crippen LogP contribution is -2.06. The van der Waals surface area contributed by atoms with Crippen molar-refractivity contribution in [3.63, 3.8) is 0 Å². The van der Waals surface area contributed by atoms with Crippen LogP contribution in [0.4, 0.5) is 5.82 Å². The van der Waals surface area contributed by atoms with E-state index in [2.05, 4.69) is 5.10 Å². The molecule has 0 aliphatic rings. The number of ether oxygens (including phenoxy) is 1. The van der Waals surface area contributed by atoms with Crippen LogP contribution in [0.5, 0.6) is 5.75 Å². The normalized spacial score (nSPS) is 11.6. The summed E-state index contributed by atoms with van der Waals surface area (Å²) in [6.07, 6.45) is 1.76. The number of thioether (sulfide) groups is 1. The Morgan fingerprint density at radius 1 is 1.30 bits per heavy atom. The van der Waals surface area contributed by atoms with Crippen molar-refractivity contribution in [3.05, 3.63) is 24.3 Å². The lowest BCUT2D eigenvalue weighted by molar-refractivity contribution is 0.414. The first-order chi connectivity index (χ1) is 9.41. The number of nitrogens with two attached hydrogens (primary N) is 1. The van der Waals surface area contributed by atoms with Crippen molar-refractivity contribution in [2.24, 2.45) is 7.05 Å². The van der Waals surface area contributed by atoms with E-state index in [1.807, 2.05) is 0 Å². The Bertz CT molecular complexity index is 721. The molecule has 1 heterocycles. The number of benzene rings is 1. The molecule has 1 aromatic carbocycles. The number of sulfone groups is 1. The number of nitrogen functional groups attached to an aromatic ring is 1. The molecule has 0 amide bonds. The molecular formula is C12H15N3O3S2. The van der Waals surface area contributed by atoms with Gasteiger partial charge in [0, 0.05) is 7.05 Å². The molecule has 0 bridgehead atoms. The molecule has 0 aliphatic heterocycles. The van der Waals surface area contributed by atoms with E-state index in [1.54, 1.807) is 25.4 Å². The van der Waals surface area contributed by atoms with Gasteiger partial charge in [-0.2, -0.15) is 5.10 Å². The van der Waals surface area contributed by atoms with Crippen molar-refractivity contribution < 1.29 is 13.2 Å². The van der Waals surface area contributed by atoms with Gasteiger partial charge in [0.15, 0.2) is 0 Å². The fourth-order valence-electron chi connectivity index (χ4n) is 1.75. The van der Waals surface area contributed by atoms with E-state index < -0.39 is 9.84 Å². The fraction of sp³-hybridized carbons (Fsp3) is 0.250. The summed E-state index contributed by atoms with van der Waals surface area (Å²) in [4.78, 5) is 0.214. The molecule has 0 fully saturated rings. The predicted molar refractivity (Wildman–Crippen MR) is 77.8 cm³/mol. The quantitative estimate of drug-likeness (QED) is 0.862. The number of methoxy groups -OCH3 is 1. The van der Waals surface area contributed by atoms with E-state index in [4.69, 9.17) is 10.5 Å². The van der Waals surface area contributed by atoms with Gasteiger partial charge in [-0.05, 0) is 30.5 Å². The Balaban J connectivity index is 2.60. The van der Waals surface area contributed by atoms with Gasteiger partial charge in [-0.25, -0.2) is 8.42 Å². The van der Waals surface area contributed by atoms with Crippen LogP contribution in [0.2, 0.25) is 0 Å². The lowest BCUT2D eigenvalue weighted by atomic mass is 10.3. The summed E-state index contributed by atoms with van der Waals surface area (Å²) in [5.41, 5.74) is 5.84. The topological polar surface area (TPSA) is 87.2 Å². The molecule has 0 aliphatic carbocycles. The van der Waals surface area contributed by atoms with Crippen LogP contribution in [0.3, 0.4) is 0 Å². The number of hydrogen-bond donors (Lipinski definition) is 1. The zero-order valence-electron chi connectivity index (χ0n) is 11.3. The fourth-order valence-corrected chi connectivity index (χ4v) is 4.23. The summed E-state index contributed by atoms with van der Waals surface area (Å²) in [5, 5.41) is 4.49. The molecule has 0 unspecified atom stereocenters. The maximum Gasteiger partial charge on any atom is 0.212 e. The largest absolute Gasteiger partial charge is 0.497 e. The van der Waals surface area contributed by atoms with Gasteiger partial charge in [0.25, 0.3) is 0 Å². The monoisotopic (exact) mass is 313 g/mol. The number of aryl methyl sites for hydroxylation is 1. The molecule has 108 valence electrons. The molecule has 2 N–H and O–H groups in total. The molecule has 8 heteroatoms. The molecule has 0 radical (unpaired) electrons. The summed E-state index contributed by atoms with van der Waals surface area (Å²) >= 11 is 1.24. The SMILES string of the molecule is COc1ccc(S(=O)(=O)c2c(SC)nn(C)c2N)cc1. The predicted octanol–water partition coefficient (Wildman–Crippen LogP) is 1.57. The van der Waals surface area contributed by atoms with Gasteiger partial charge in [0.1, 0.15) is 21.5 Å². The first-order valence-corrected chi connectivity index (χ1v) is 8.38. The second-order valence-corrected chi connectivity index (χ2v) is 6.71. The first kappa shape index (κ1) is 14.7. The van der Waals surface area contributed by atoms with Crippen LogP contribution in [0, 0.1) is 0 Å². The average Bonchev–Trinajstić information content (AvgIpc) is 2.74. The summed E-state index contributed by atoms with van der Waals surface area (Å²) in [7, 11) is -0.566. The van der Waals surface area contributed by atoms with Gasteiger partial charge in [-0.3, -0.25) is 4.68 Å². The smallest absolute Gasteiger partial charge is 0.212 e. The molecule has 6 nitrogen and oxygen atoms in total. The third-order valence-electron chi connectivity index (χ3n) is 2.85. The Morgan fingerprint density at radius 2 is 1.90 bits per heavy atom. The summed E-state index contributed by atoms with van der Waals surface area (Å²) in [6, 6.07) is 6.17. The van der Waals surface area contributed by atoms with Gasteiger partial charge in [-0.15, -0.1) is 11.8 Å². The van der Waals surface area contributed by atoms with Crippen LogP contribution in [-0.4, -0.2) is 31.6 Å². The second kappa shape index (κ2) is 5.37. The minimum Gasteiger partial charge on any atom is -0.497 e. The molecule has 0 spiro atoms. The molecule has 0 saturated heterocycles. The Morgan fingerprint density at radius 3 is 2.40 bits per heavy atom. The van der Waals surface area contributed by atoms with Crippen molar-refractivity contribution in [2.75, 3.05) is 19.1 Å². The highest BCUT2D eigenvalue weighted by molar-refractivity contribution is 7.99. The molecule has 0 saturated carbocycles. The summed E-state index contributed by atoms with van der Waals surface area (Å²) < 4.78 is 31.7. The van der Waals surface area contributed by atoms with Gasteiger partial charge in [-0.1, -0.05) is 0 Å². The molecular weight excluding hydrogens is 298 g/mol. The van der Waals surface area contributed by atoms with Crippen LogP contribution in [0.15, 0.2) is 39.1 Å². The maximum absolute atomic E-state index is 12.7. The minimum absolute atomic E-state index is 0.0534. The van der Waals surface area contributed by atoms with Crippen LogP contribution < -0.4 is 10.5 Å².